The number of carbonyl (C=O) groups excluding carboxylic acids is 2. The average molecular weight is 505 g/mol. The van der Waals surface area contributed by atoms with Crippen LogP contribution in [0.1, 0.15) is 62.7 Å². The Bertz CT molecular complexity index is 1110. The Balaban J connectivity index is 0.00000144. The van der Waals surface area contributed by atoms with Crippen molar-refractivity contribution in [2.24, 2.45) is 5.92 Å². The third kappa shape index (κ3) is 5.07. The molecule has 8 nitrogen and oxygen atoms in total. The maximum absolute atomic E-state index is 13.5. The summed E-state index contributed by atoms with van der Waals surface area (Å²) < 4.78 is 13.5. The molecule has 2 N–H and O–H groups in total. The minimum absolute atomic E-state index is 0. The molecule has 1 aromatic carbocycles. The summed E-state index contributed by atoms with van der Waals surface area (Å²) in [6, 6.07) is 4.37. The topological polar surface area (TPSA) is 90.5 Å². The Kier molecular flexibility index (Phi) is 8.75. The first kappa shape index (κ1) is 28.4. The van der Waals surface area contributed by atoms with E-state index in [-0.39, 0.29) is 58.1 Å². The van der Waals surface area contributed by atoms with E-state index in [1.165, 1.54) is 12.1 Å². The summed E-state index contributed by atoms with van der Waals surface area (Å²) >= 11 is 0. The molecule has 0 unspecified atom stereocenters. The van der Waals surface area contributed by atoms with Gasteiger partial charge in [0.15, 0.2) is 5.82 Å². The van der Waals surface area contributed by atoms with Crippen LogP contribution < -0.4 is 15.5 Å². The molecule has 1 aromatic heterocycles. The van der Waals surface area contributed by atoms with Gasteiger partial charge >= 0.3 is 0 Å². The van der Waals surface area contributed by atoms with E-state index in [0.29, 0.717) is 42.6 Å². The fourth-order valence-electron chi connectivity index (χ4n) is 5.01. The normalized spacial score (nSPS) is 22.0. The lowest BCUT2D eigenvalue weighted by molar-refractivity contribution is -0.117. The first-order valence-corrected chi connectivity index (χ1v) is 11.1. The van der Waals surface area contributed by atoms with Gasteiger partial charge in [-0.2, -0.15) is 18.5 Å². The number of amides is 2. The molecule has 2 aromatic rings. The first-order chi connectivity index (χ1) is 15.3. The summed E-state index contributed by atoms with van der Waals surface area (Å²) in [6.07, 6.45) is 2.53. The maximum atomic E-state index is 13.5. The number of nitrogens with zero attached hydrogens (tertiary/aromatic N) is 4. The molecule has 0 bridgehead atoms. The van der Waals surface area contributed by atoms with Gasteiger partial charge in [-0.3, -0.25) is 9.59 Å². The van der Waals surface area contributed by atoms with Gasteiger partial charge in [-0.1, -0.05) is 21.8 Å². The summed E-state index contributed by atoms with van der Waals surface area (Å²) in [5.41, 5.74) is 2.78. The van der Waals surface area contributed by atoms with E-state index < -0.39 is 0 Å². The number of carbonyl (C=O) groups is 2. The molecular weight excluding hydrogens is 467 g/mol. The molecule has 0 radical (unpaired) electrons. The number of hydrogen-bond acceptors (Lipinski definition) is 6. The van der Waals surface area contributed by atoms with Crippen LogP contribution in [-0.4, -0.2) is 52.4 Å². The van der Waals surface area contributed by atoms with Crippen molar-refractivity contribution >= 4 is 42.8 Å². The van der Waals surface area contributed by atoms with Gasteiger partial charge < -0.3 is 20.4 Å². The highest BCUT2D eigenvalue weighted by molar-refractivity contribution is 7.59. The number of aryl methyl sites for hydroxylation is 1. The number of benzene rings is 1. The van der Waals surface area contributed by atoms with E-state index in [1.807, 2.05) is 30.7 Å². The van der Waals surface area contributed by atoms with E-state index in [0.717, 1.165) is 29.9 Å². The lowest BCUT2D eigenvalue weighted by Gasteiger charge is -2.38. The van der Waals surface area contributed by atoms with E-state index in [1.54, 1.807) is 6.07 Å². The van der Waals surface area contributed by atoms with Gasteiger partial charge in [-0.25, -0.2) is 9.37 Å². The Morgan fingerprint density at radius 3 is 2.60 bits per heavy atom. The van der Waals surface area contributed by atoms with Crippen LogP contribution in [0, 0.1) is 18.7 Å². The SMILES string of the molecule is C.C.CC[C@H]1C(=O)Nc2c(C)nc(NC3CC(CN4Cc5cc(F)ccc5C4=O)C3)nc2N1C.S. The van der Waals surface area contributed by atoms with Crippen molar-refractivity contribution in [1.29, 1.82) is 0 Å². The minimum atomic E-state index is -0.304. The fourth-order valence-corrected chi connectivity index (χ4v) is 5.01. The molecule has 2 amide bonds. The van der Waals surface area contributed by atoms with Crippen LogP contribution in [0.3, 0.4) is 0 Å². The quantitative estimate of drug-likeness (QED) is 0.630. The molecule has 1 fully saturated rings. The number of halogens is 1. The molecule has 1 saturated carbocycles. The summed E-state index contributed by atoms with van der Waals surface area (Å²) in [5.74, 6) is 1.33. The molecule has 192 valence electrons. The van der Waals surface area contributed by atoms with Gasteiger partial charge in [-0.05, 0) is 55.9 Å². The summed E-state index contributed by atoms with van der Waals surface area (Å²) in [7, 11) is 1.89. The summed E-state index contributed by atoms with van der Waals surface area (Å²) in [4.78, 5) is 37.8. The number of fused-ring (bicyclic) bond motifs is 2. The molecule has 1 aliphatic carbocycles. The second kappa shape index (κ2) is 10.8. The predicted molar refractivity (Wildman–Crippen MR) is 143 cm³/mol. The van der Waals surface area contributed by atoms with Gasteiger partial charge in [0.05, 0.1) is 5.69 Å². The Hall–Kier alpha value is -2.88. The molecule has 3 aliphatic rings. The van der Waals surface area contributed by atoms with E-state index in [4.69, 9.17) is 0 Å². The average Bonchev–Trinajstić information content (AvgIpc) is 3.02. The zero-order chi connectivity index (χ0) is 22.6. The molecule has 0 saturated heterocycles. The number of hydrogen-bond donors (Lipinski definition) is 2. The third-order valence-electron chi connectivity index (χ3n) is 6.80. The number of anilines is 3. The van der Waals surface area contributed by atoms with Crippen LogP contribution >= 0.6 is 13.5 Å². The number of nitrogens with one attached hydrogen (secondary N) is 2. The smallest absolute Gasteiger partial charge is 0.254 e. The van der Waals surface area contributed by atoms with Crippen LogP contribution in [-0.2, 0) is 11.3 Å². The Morgan fingerprint density at radius 2 is 1.91 bits per heavy atom. The minimum Gasteiger partial charge on any atom is -0.351 e. The molecule has 35 heavy (non-hydrogen) atoms. The van der Waals surface area contributed by atoms with E-state index in [9.17, 15) is 14.0 Å². The Morgan fingerprint density at radius 1 is 1.20 bits per heavy atom. The van der Waals surface area contributed by atoms with Crippen LogP contribution in [0.15, 0.2) is 18.2 Å². The standard InChI is InChI=1S/C23H27FN6O2.2CH4.H2S/c1-4-18-21(31)27-19-12(2)25-23(28-20(19)29(18)3)26-16-7-13(8-16)10-30-11-14-9-15(24)5-6-17(14)22(30)32;;;/h5-6,9,13,16,18H,4,7-8,10-11H2,1-3H3,(H,27,31)(H,25,26,28);2*1H4;1H2/t13?,16?,18-;;;/m0.../s1. The lowest BCUT2D eigenvalue weighted by atomic mass is 9.80. The second-order valence-electron chi connectivity index (χ2n) is 9.02. The van der Waals surface area contributed by atoms with Crippen LogP contribution in [0.5, 0.6) is 0 Å². The summed E-state index contributed by atoms with van der Waals surface area (Å²) in [5, 5.41) is 6.35. The lowest BCUT2D eigenvalue weighted by Crippen LogP contribution is -2.46. The first-order valence-electron chi connectivity index (χ1n) is 11.1. The van der Waals surface area contributed by atoms with Crippen LogP contribution in [0.25, 0.3) is 0 Å². The molecule has 5 rings (SSSR count). The van der Waals surface area contributed by atoms with Crippen LogP contribution in [0.4, 0.5) is 21.8 Å². The largest absolute Gasteiger partial charge is 0.351 e. The highest BCUT2D eigenvalue weighted by Crippen LogP contribution is 2.36. The molecule has 2 aliphatic heterocycles. The van der Waals surface area contributed by atoms with Gasteiger partial charge in [-0.15, -0.1) is 0 Å². The van der Waals surface area contributed by atoms with Gasteiger partial charge in [0.25, 0.3) is 5.91 Å². The molecular formula is C25H37FN6O2S. The van der Waals surface area contributed by atoms with E-state index in [2.05, 4.69) is 20.6 Å². The van der Waals surface area contributed by atoms with Crippen molar-refractivity contribution in [3.05, 3.63) is 40.8 Å². The van der Waals surface area contributed by atoms with Crippen molar-refractivity contribution in [3.63, 3.8) is 0 Å². The van der Waals surface area contributed by atoms with Gasteiger partial charge in [0.2, 0.25) is 11.9 Å². The highest BCUT2D eigenvalue weighted by Gasteiger charge is 2.36. The third-order valence-corrected chi connectivity index (χ3v) is 6.80. The van der Waals surface area contributed by atoms with Crippen molar-refractivity contribution in [2.45, 2.75) is 66.6 Å². The maximum Gasteiger partial charge on any atom is 0.254 e. The molecule has 1 atom stereocenters. The zero-order valence-corrected chi connectivity index (χ0v) is 20.0. The number of rotatable bonds is 5. The van der Waals surface area contributed by atoms with E-state index >= 15 is 0 Å². The van der Waals surface area contributed by atoms with Crippen molar-refractivity contribution in [3.8, 4) is 0 Å². The van der Waals surface area contributed by atoms with Gasteiger partial charge in [0, 0.05) is 31.7 Å². The predicted octanol–water partition coefficient (Wildman–Crippen LogP) is 4.32. The Labute approximate surface area is 214 Å². The zero-order valence-electron chi connectivity index (χ0n) is 19.0. The van der Waals surface area contributed by atoms with Gasteiger partial charge in [0.1, 0.15) is 17.5 Å². The van der Waals surface area contributed by atoms with Crippen molar-refractivity contribution in [1.82, 2.24) is 14.9 Å². The fraction of sp³-hybridized carbons (Fsp3) is 0.520. The molecule has 0 spiro atoms. The number of likely N-dealkylation sites (N-methyl/N-ethyl adjacent to an activating group) is 1. The molecule has 10 heteroatoms. The second-order valence-corrected chi connectivity index (χ2v) is 9.02. The van der Waals surface area contributed by atoms with Crippen LogP contribution in [0.2, 0.25) is 0 Å². The monoisotopic (exact) mass is 504 g/mol. The molecule has 3 heterocycles. The number of aromatic nitrogens is 2. The summed E-state index contributed by atoms with van der Waals surface area (Å²) in [6.45, 7) is 5.00. The highest BCUT2D eigenvalue weighted by atomic mass is 32.1. The van der Waals surface area contributed by atoms with Crippen molar-refractivity contribution < 1.29 is 14.0 Å². The van der Waals surface area contributed by atoms with Crippen molar-refractivity contribution in [2.75, 3.05) is 29.1 Å².